The van der Waals surface area contributed by atoms with Crippen molar-refractivity contribution in [1.82, 2.24) is 9.82 Å². The number of rotatable bonds is 4. The van der Waals surface area contributed by atoms with E-state index in [9.17, 15) is 8.42 Å². The minimum Gasteiger partial charge on any atom is -0.249 e. The first kappa shape index (κ1) is 14.7. The summed E-state index contributed by atoms with van der Waals surface area (Å²) in [6.07, 6.45) is 3.01. The van der Waals surface area contributed by atoms with Crippen LogP contribution in [-0.4, -0.2) is 19.6 Å². The molecule has 5 nitrogen and oxygen atoms in total. The summed E-state index contributed by atoms with van der Waals surface area (Å²) in [4.78, 5) is 6.35. The zero-order chi connectivity index (χ0) is 14.6. The molecule has 2 aromatic rings. The van der Waals surface area contributed by atoms with E-state index in [1.807, 2.05) is 6.92 Å². The topological polar surface area (TPSA) is 71.4 Å². The highest BCUT2D eigenvalue weighted by molar-refractivity contribution is 9.10. The van der Waals surface area contributed by atoms with Crippen LogP contribution in [0.5, 0.6) is 0 Å². The van der Waals surface area contributed by atoms with E-state index in [1.165, 1.54) is 18.3 Å². The van der Waals surface area contributed by atoms with Crippen molar-refractivity contribution in [3.63, 3.8) is 0 Å². The van der Waals surface area contributed by atoms with Gasteiger partial charge in [0.15, 0.2) is 0 Å². The number of halogens is 1. The maximum atomic E-state index is 12.0. The number of hydrazone groups is 1. The second kappa shape index (κ2) is 6.15. The Hall–Kier alpha value is -1.73. The van der Waals surface area contributed by atoms with Gasteiger partial charge in [-0.3, -0.25) is 0 Å². The number of hydrogen-bond donors (Lipinski definition) is 1. The van der Waals surface area contributed by atoms with E-state index < -0.39 is 10.0 Å². The summed E-state index contributed by atoms with van der Waals surface area (Å²) in [6, 6.07) is 10.0. The van der Waals surface area contributed by atoms with Gasteiger partial charge in [0, 0.05) is 11.8 Å². The molecule has 7 heteroatoms. The molecule has 20 heavy (non-hydrogen) atoms. The van der Waals surface area contributed by atoms with Gasteiger partial charge in [0.25, 0.3) is 10.0 Å². The molecule has 0 bridgehead atoms. The third-order valence-corrected chi connectivity index (χ3v) is 4.40. The number of benzene rings is 1. The van der Waals surface area contributed by atoms with E-state index in [2.05, 4.69) is 30.8 Å². The molecule has 0 fully saturated rings. The first-order valence-electron chi connectivity index (χ1n) is 5.71. The lowest BCUT2D eigenvalue weighted by atomic mass is 10.2. The van der Waals surface area contributed by atoms with Gasteiger partial charge in [0.2, 0.25) is 0 Å². The van der Waals surface area contributed by atoms with Crippen molar-refractivity contribution in [2.45, 2.75) is 11.8 Å². The highest BCUT2D eigenvalue weighted by atomic mass is 79.9. The van der Waals surface area contributed by atoms with Gasteiger partial charge >= 0.3 is 0 Å². The maximum Gasteiger partial charge on any atom is 0.276 e. The normalized spacial score (nSPS) is 11.7. The summed E-state index contributed by atoms with van der Waals surface area (Å²) in [7, 11) is -3.64. The molecule has 0 aliphatic carbocycles. The summed E-state index contributed by atoms with van der Waals surface area (Å²) in [5.74, 6) is 0. The van der Waals surface area contributed by atoms with Crippen LogP contribution in [0.4, 0.5) is 0 Å². The molecular weight excluding hydrogens is 342 g/mol. The summed E-state index contributed by atoms with van der Waals surface area (Å²) in [6.45, 7) is 1.89. The number of nitrogens with zero attached hydrogens (tertiary/aromatic N) is 2. The molecule has 0 atom stereocenters. The molecule has 0 spiro atoms. The minimum absolute atomic E-state index is 0.172. The van der Waals surface area contributed by atoms with E-state index >= 15 is 0 Å². The van der Waals surface area contributed by atoms with Crippen LogP contribution in [0.15, 0.2) is 57.2 Å². The molecule has 0 saturated carbocycles. The van der Waals surface area contributed by atoms with Gasteiger partial charge < -0.3 is 0 Å². The van der Waals surface area contributed by atoms with E-state index in [0.29, 0.717) is 10.2 Å². The van der Waals surface area contributed by atoms with Crippen molar-refractivity contribution in [2.24, 2.45) is 5.10 Å². The largest absolute Gasteiger partial charge is 0.276 e. The SMILES string of the molecule is Cc1ccc(S(=O)(=O)NN=Cc2cccnc2Br)cc1. The Morgan fingerprint density at radius 2 is 1.95 bits per heavy atom. The van der Waals surface area contributed by atoms with Gasteiger partial charge in [0.05, 0.1) is 11.1 Å². The molecule has 0 aliphatic heterocycles. The van der Waals surface area contributed by atoms with Crippen LogP contribution in [0.25, 0.3) is 0 Å². The molecule has 104 valence electrons. The Morgan fingerprint density at radius 1 is 1.25 bits per heavy atom. The van der Waals surface area contributed by atoms with Gasteiger partial charge in [-0.05, 0) is 47.1 Å². The van der Waals surface area contributed by atoms with Crippen LogP contribution in [0.2, 0.25) is 0 Å². The minimum atomic E-state index is -3.64. The average molecular weight is 354 g/mol. The highest BCUT2D eigenvalue weighted by Crippen LogP contribution is 2.11. The van der Waals surface area contributed by atoms with Crippen molar-refractivity contribution in [1.29, 1.82) is 0 Å². The fourth-order valence-corrected chi connectivity index (χ4v) is 2.57. The van der Waals surface area contributed by atoms with Crippen LogP contribution in [0.1, 0.15) is 11.1 Å². The molecule has 1 heterocycles. The lowest BCUT2D eigenvalue weighted by molar-refractivity contribution is 0.584. The van der Waals surface area contributed by atoms with Crippen LogP contribution in [0.3, 0.4) is 0 Å². The van der Waals surface area contributed by atoms with Crippen LogP contribution in [0, 0.1) is 6.92 Å². The highest BCUT2D eigenvalue weighted by Gasteiger charge is 2.11. The van der Waals surface area contributed by atoms with Crippen molar-refractivity contribution in [3.8, 4) is 0 Å². The van der Waals surface area contributed by atoms with Crippen molar-refractivity contribution >= 4 is 32.2 Å². The monoisotopic (exact) mass is 353 g/mol. The summed E-state index contributed by atoms with van der Waals surface area (Å²) in [5.41, 5.74) is 1.67. The Kier molecular flexibility index (Phi) is 4.51. The Labute approximate surface area is 125 Å². The van der Waals surface area contributed by atoms with Crippen LogP contribution in [-0.2, 0) is 10.0 Å². The van der Waals surface area contributed by atoms with Gasteiger partial charge in [-0.2, -0.15) is 13.5 Å². The van der Waals surface area contributed by atoms with Crippen molar-refractivity contribution in [3.05, 3.63) is 58.3 Å². The summed E-state index contributed by atoms with van der Waals surface area (Å²) in [5, 5.41) is 3.74. The van der Waals surface area contributed by atoms with Crippen molar-refractivity contribution in [2.75, 3.05) is 0 Å². The first-order valence-corrected chi connectivity index (χ1v) is 7.99. The third kappa shape index (κ3) is 3.64. The molecule has 0 radical (unpaired) electrons. The van der Waals surface area contributed by atoms with E-state index in [4.69, 9.17) is 0 Å². The van der Waals surface area contributed by atoms with E-state index in [-0.39, 0.29) is 4.90 Å². The van der Waals surface area contributed by atoms with Crippen LogP contribution >= 0.6 is 15.9 Å². The number of hydrogen-bond acceptors (Lipinski definition) is 4. The number of sulfonamides is 1. The zero-order valence-corrected chi connectivity index (χ0v) is 13.0. The van der Waals surface area contributed by atoms with E-state index in [1.54, 1.807) is 30.5 Å². The van der Waals surface area contributed by atoms with Gasteiger partial charge in [-0.1, -0.05) is 17.7 Å². The molecule has 1 aromatic heterocycles. The molecule has 0 amide bonds. The third-order valence-electron chi connectivity index (χ3n) is 2.50. The Morgan fingerprint density at radius 3 is 2.60 bits per heavy atom. The quantitative estimate of drug-likeness (QED) is 0.521. The van der Waals surface area contributed by atoms with Crippen LogP contribution < -0.4 is 4.83 Å². The van der Waals surface area contributed by atoms with Gasteiger partial charge in [-0.15, -0.1) is 0 Å². The predicted octanol–water partition coefficient (Wildman–Crippen LogP) is 2.46. The molecule has 0 saturated heterocycles. The second-order valence-electron chi connectivity index (χ2n) is 4.05. The number of nitrogens with one attached hydrogen (secondary N) is 1. The molecule has 0 aliphatic rings. The molecule has 1 N–H and O–H groups in total. The second-order valence-corrected chi connectivity index (χ2v) is 6.46. The maximum absolute atomic E-state index is 12.0. The fraction of sp³-hybridized carbons (Fsp3) is 0.0769. The first-order chi connectivity index (χ1) is 9.49. The van der Waals surface area contributed by atoms with E-state index in [0.717, 1.165) is 5.56 Å². The van der Waals surface area contributed by atoms with Crippen molar-refractivity contribution < 1.29 is 8.42 Å². The average Bonchev–Trinajstić information content (AvgIpc) is 2.41. The van der Waals surface area contributed by atoms with Gasteiger partial charge in [-0.25, -0.2) is 9.82 Å². The van der Waals surface area contributed by atoms with Gasteiger partial charge in [0.1, 0.15) is 4.60 Å². The Bertz CT molecular complexity index is 728. The standard InChI is InChI=1S/C13H12BrN3O2S/c1-10-4-6-12(7-5-10)20(18,19)17-16-9-11-3-2-8-15-13(11)14/h2-9,17H,1H3. The molecule has 2 rings (SSSR count). The molecule has 1 aromatic carbocycles. The zero-order valence-electron chi connectivity index (χ0n) is 10.6. The lowest BCUT2D eigenvalue weighted by Gasteiger charge is -2.03. The molecule has 0 unspecified atom stereocenters. The smallest absolute Gasteiger partial charge is 0.249 e. The predicted molar refractivity (Wildman–Crippen MR) is 81.0 cm³/mol. The lowest BCUT2D eigenvalue weighted by Crippen LogP contribution is -2.18. The number of aromatic nitrogens is 1. The fourth-order valence-electron chi connectivity index (χ4n) is 1.43. The number of pyridine rings is 1. The Balaban J connectivity index is 2.14. The molecular formula is C13H12BrN3O2S. The summed E-state index contributed by atoms with van der Waals surface area (Å²) < 4.78 is 24.5. The number of aryl methyl sites for hydroxylation is 1. The summed E-state index contributed by atoms with van der Waals surface area (Å²) >= 11 is 3.25.